The number of aromatic nitrogens is 4. The highest BCUT2D eigenvalue weighted by atomic mass is 32.2. The minimum absolute atomic E-state index is 0.0699. The Morgan fingerprint density at radius 2 is 1.81 bits per heavy atom. The first kappa shape index (κ1) is 18.3. The smallest absolute Gasteiger partial charge is 0.191 e. The number of nitrogens with zero attached hydrogens (tertiary/aromatic N) is 4. The fourth-order valence-corrected chi connectivity index (χ4v) is 3.33. The molecule has 3 aromatic rings. The Kier molecular flexibility index (Phi) is 5.78. The predicted octanol–water partition coefficient (Wildman–Crippen LogP) is 4.11. The van der Waals surface area contributed by atoms with Gasteiger partial charge in [0.25, 0.3) is 0 Å². The lowest BCUT2D eigenvalue weighted by molar-refractivity contribution is 0.102. The number of rotatable bonds is 7. The summed E-state index contributed by atoms with van der Waals surface area (Å²) in [5.41, 5.74) is 1.42. The van der Waals surface area contributed by atoms with Crippen molar-refractivity contribution in [3.63, 3.8) is 0 Å². The lowest BCUT2D eigenvalue weighted by atomic mass is 10.1. The largest absolute Gasteiger partial charge is 0.302 e. The highest BCUT2D eigenvalue weighted by molar-refractivity contribution is 7.99. The first-order chi connectivity index (χ1) is 12.5. The van der Waals surface area contributed by atoms with Crippen LogP contribution < -0.4 is 0 Å². The van der Waals surface area contributed by atoms with Crippen LogP contribution in [0, 0.1) is 11.7 Å². The number of thioether (sulfide) groups is 1. The van der Waals surface area contributed by atoms with Gasteiger partial charge in [0.2, 0.25) is 0 Å². The van der Waals surface area contributed by atoms with E-state index in [1.807, 2.05) is 16.7 Å². The second-order valence-corrected chi connectivity index (χ2v) is 7.21. The van der Waals surface area contributed by atoms with E-state index < -0.39 is 0 Å². The van der Waals surface area contributed by atoms with Gasteiger partial charge in [-0.15, -0.1) is 10.2 Å². The van der Waals surface area contributed by atoms with Gasteiger partial charge >= 0.3 is 0 Å². The molecule has 0 amide bonds. The van der Waals surface area contributed by atoms with Gasteiger partial charge in [0.05, 0.1) is 5.75 Å². The Morgan fingerprint density at radius 3 is 2.46 bits per heavy atom. The van der Waals surface area contributed by atoms with Crippen molar-refractivity contribution in [1.82, 2.24) is 19.7 Å². The molecule has 0 spiro atoms. The maximum Gasteiger partial charge on any atom is 0.191 e. The number of halogens is 1. The molecule has 0 saturated heterocycles. The molecule has 0 fully saturated rings. The summed E-state index contributed by atoms with van der Waals surface area (Å²) in [6.07, 6.45) is 3.43. The fourth-order valence-electron chi connectivity index (χ4n) is 2.49. The third-order valence-corrected chi connectivity index (χ3v) is 4.67. The van der Waals surface area contributed by atoms with Crippen molar-refractivity contribution in [3.8, 4) is 11.4 Å². The molecule has 2 aromatic heterocycles. The first-order valence-corrected chi connectivity index (χ1v) is 9.28. The number of hydrogen-bond donors (Lipinski definition) is 0. The second kappa shape index (κ2) is 8.23. The molecule has 2 heterocycles. The van der Waals surface area contributed by atoms with Crippen LogP contribution in [0.2, 0.25) is 0 Å². The standard InChI is InChI=1S/C19H19FN4OS/c1-13(2)11-24-18(15-7-9-21-10-8-15)22-23-19(24)26-12-17(25)14-3-5-16(20)6-4-14/h3-10,13H,11-12H2,1-2H3. The van der Waals surface area contributed by atoms with Gasteiger partial charge in [0.15, 0.2) is 16.8 Å². The molecule has 0 aliphatic rings. The molecule has 0 saturated carbocycles. The molecule has 3 rings (SSSR count). The van der Waals surface area contributed by atoms with Crippen molar-refractivity contribution in [2.45, 2.75) is 25.5 Å². The van der Waals surface area contributed by atoms with Crippen molar-refractivity contribution in [3.05, 3.63) is 60.2 Å². The maximum absolute atomic E-state index is 13.0. The molecular weight excluding hydrogens is 351 g/mol. The van der Waals surface area contributed by atoms with E-state index in [4.69, 9.17) is 0 Å². The van der Waals surface area contributed by atoms with Gasteiger partial charge < -0.3 is 4.57 Å². The number of hydrogen-bond acceptors (Lipinski definition) is 5. The van der Waals surface area contributed by atoms with Gasteiger partial charge in [-0.25, -0.2) is 4.39 Å². The van der Waals surface area contributed by atoms with E-state index in [1.54, 1.807) is 12.4 Å². The zero-order chi connectivity index (χ0) is 18.5. The minimum atomic E-state index is -0.354. The van der Waals surface area contributed by atoms with E-state index >= 15 is 0 Å². The number of pyridine rings is 1. The molecule has 7 heteroatoms. The fraction of sp³-hybridized carbons (Fsp3) is 0.263. The molecule has 5 nitrogen and oxygen atoms in total. The molecule has 0 N–H and O–H groups in total. The number of carbonyl (C=O) groups is 1. The second-order valence-electron chi connectivity index (χ2n) is 6.27. The Balaban J connectivity index is 1.80. The number of benzene rings is 1. The molecule has 134 valence electrons. The number of Topliss-reactive ketones (excluding diaryl/α,β-unsaturated/α-hetero) is 1. The van der Waals surface area contributed by atoms with Gasteiger partial charge in [-0.3, -0.25) is 9.78 Å². The van der Waals surface area contributed by atoms with Crippen molar-refractivity contribution in [1.29, 1.82) is 0 Å². The van der Waals surface area contributed by atoms with Crippen LogP contribution in [0.5, 0.6) is 0 Å². The van der Waals surface area contributed by atoms with E-state index in [9.17, 15) is 9.18 Å². The van der Waals surface area contributed by atoms with Crippen LogP contribution in [0.1, 0.15) is 24.2 Å². The summed E-state index contributed by atoms with van der Waals surface area (Å²) < 4.78 is 15.0. The van der Waals surface area contributed by atoms with Crippen LogP contribution in [0.3, 0.4) is 0 Å². The zero-order valence-electron chi connectivity index (χ0n) is 14.6. The van der Waals surface area contributed by atoms with Crippen molar-refractivity contribution < 1.29 is 9.18 Å². The number of carbonyl (C=O) groups excluding carboxylic acids is 1. The quantitative estimate of drug-likeness (QED) is 0.463. The maximum atomic E-state index is 13.0. The van der Waals surface area contributed by atoms with E-state index in [0.29, 0.717) is 16.6 Å². The lowest BCUT2D eigenvalue weighted by Gasteiger charge is -2.12. The first-order valence-electron chi connectivity index (χ1n) is 8.29. The Labute approximate surface area is 155 Å². The third-order valence-electron chi connectivity index (χ3n) is 3.70. The summed E-state index contributed by atoms with van der Waals surface area (Å²) in [6.45, 7) is 4.99. The average molecular weight is 370 g/mol. The van der Waals surface area contributed by atoms with Crippen LogP contribution in [-0.2, 0) is 6.54 Å². The van der Waals surface area contributed by atoms with Gasteiger partial charge in [0, 0.05) is 30.1 Å². The topological polar surface area (TPSA) is 60.7 Å². The molecule has 0 aliphatic heterocycles. The number of ketones is 1. The van der Waals surface area contributed by atoms with Gasteiger partial charge in [-0.1, -0.05) is 25.6 Å². The minimum Gasteiger partial charge on any atom is -0.302 e. The molecule has 26 heavy (non-hydrogen) atoms. The van der Waals surface area contributed by atoms with Gasteiger partial charge in [-0.05, 0) is 42.3 Å². The van der Waals surface area contributed by atoms with Crippen LogP contribution in [0.15, 0.2) is 53.9 Å². The SMILES string of the molecule is CC(C)Cn1c(SCC(=O)c2ccc(F)cc2)nnc1-c1ccncc1. The summed E-state index contributed by atoms with van der Waals surface area (Å²) in [5, 5.41) is 9.27. The average Bonchev–Trinajstić information content (AvgIpc) is 3.03. The van der Waals surface area contributed by atoms with Crippen molar-refractivity contribution >= 4 is 17.5 Å². The van der Waals surface area contributed by atoms with Crippen LogP contribution >= 0.6 is 11.8 Å². The third kappa shape index (κ3) is 4.35. The van der Waals surface area contributed by atoms with Gasteiger partial charge in [-0.2, -0.15) is 0 Å². The summed E-state index contributed by atoms with van der Waals surface area (Å²) in [7, 11) is 0. The Morgan fingerprint density at radius 1 is 1.12 bits per heavy atom. The zero-order valence-corrected chi connectivity index (χ0v) is 15.4. The van der Waals surface area contributed by atoms with Crippen LogP contribution in [-0.4, -0.2) is 31.3 Å². The van der Waals surface area contributed by atoms with Crippen LogP contribution in [0.25, 0.3) is 11.4 Å². The summed E-state index contributed by atoms with van der Waals surface area (Å²) in [5.74, 6) is 0.960. The summed E-state index contributed by atoms with van der Waals surface area (Å²) >= 11 is 1.34. The van der Waals surface area contributed by atoms with Crippen molar-refractivity contribution in [2.24, 2.45) is 5.92 Å². The molecule has 0 unspecified atom stereocenters. The van der Waals surface area contributed by atoms with Gasteiger partial charge in [0.1, 0.15) is 5.82 Å². The highest BCUT2D eigenvalue weighted by Crippen LogP contribution is 2.25. The van der Waals surface area contributed by atoms with E-state index in [-0.39, 0.29) is 17.4 Å². The molecule has 0 aliphatic carbocycles. The van der Waals surface area contributed by atoms with Crippen molar-refractivity contribution in [2.75, 3.05) is 5.75 Å². The lowest BCUT2D eigenvalue weighted by Crippen LogP contribution is -2.09. The van der Waals surface area contributed by atoms with E-state index in [1.165, 1.54) is 36.0 Å². The predicted molar refractivity (Wildman–Crippen MR) is 99.5 cm³/mol. The molecular formula is C19H19FN4OS. The normalized spacial score (nSPS) is 11.1. The Hall–Kier alpha value is -2.54. The van der Waals surface area contributed by atoms with E-state index in [0.717, 1.165) is 17.9 Å². The highest BCUT2D eigenvalue weighted by Gasteiger charge is 2.17. The monoisotopic (exact) mass is 370 g/mol. The molecule has 1 aromatic carbocycles. The van der Waals surface area contributed by atoms with E-state index in [2.05, 4.69) is 29.0 Å². The molecule has 0 atom stereocenters. The summed E-state index contributed by atoms with van der Waals surface area (Å²) in [4.78, 5) is 16.4. The summed E-state index contributed by atoms with van der Waals surface area (Å²) in [6, 6.07) is 9.36. The molecule has 0 radical (unpaired) electrons. The Bertz CT molecular complexity index is 878. The van der Waals surface area contributed by atoms with Crippen LogP contribution in [0.4, 0.5) is 4.39 Å². The molecule has 0 bridgehead atoms.